The van der Waals surface area contributed by atoms with Crippen LogP contribution in [0, 0.1) is 6.92 Å². The zero-order chi connectivity index (χ0) is 14.5. The van der Waals surface area contributed by atoms with E-state index >= 15 is 0 Å². The molecule has 3 rings (SSSR count). The van der Waals surface area contributed by atoms with Crippen LogP contribution < -0.4 is 10.1 Å². The van der Waals surface area contributed by atoms with Gasteiger partial charge in [-0.05, 0) is 43.2 Å². The Balaban J connectivity index is 1.46. The van der Waals surface area contributed by atoms with Gasteiger partial charge < -0.3 is 10.1 Å². The number of hydrogen-bond acceptors (Lipinski definition) is 4. The molecule has 0 bridgehead atoms. The van der Waals surface area contributed by atoms with Gasteiger partial charge in [-0.15, -0.1) is 0 Å². The third-order valence-corrected chi connectivity index (χ3v) is 4.13. The van der Waals surface area contributed by atoms with Crippen LogP contribution in [0.5, 0.6) is 5.75 Å². The van der Waals surface area contributed by atoms with Gasteiger partial charge in [0.15, 0.2) is 5.13 Å². The number of aromatic nitrogens is 1. The van der Waals surface area contributed by atoms with Crippen molar-refractivity contribution in [3.63, 3.8) is 0 Å². The van der Waals surface area contributed by atoms with Gasteiger partial charge in [0, 0.05) is 6.54 Å². The molecular weight excluding hydrogens is 280 g/mol. The Morgan fingerprint density at radius 1 is 1.14 bits per heavy atom. The number of rotatable bonds is 6. The minimum Gasteiger partial charge on any atom is -0.494 e. The summed E-state index contributed by atoms with van der Waals surface area (Å²) in [5.74, 6) is 0.924. The molecule has 3 aromatic rings. The van der Waals surface area contributed by atoms with Crippen molar-refractivity contribution in [3.05, 3.63) is 54.1 Å². The first kappa shape index (κ1) is 13.9. The summed E-state index contributed by atoms with van der Waals surface area (Å²) in [7, 11) is 0. The molecule has 0 fully saturated rings. The zero-order valence-corrected chi connectivity index (χ0v) is 12.8. The molecule has 2 aromatic carbocycles. The number of hydrogen-bond donors (Lipinski definition) is 1. The number of nitrogens with one attached hydrogen (secondary N) is 1. The second kappa shape index (κ2) is 6.59. The van der Waals surface area contributed by atoms with Crippen molar-refractivity contribution in [1.29, 1.82) is 0 Å². The topological polar surface area (TPSA) is 34.2 Å². The number of para-hydroxylation sites is 1. The van der Waals surface area contributed by atoms with Crippen molar-refractivity contribution in [3.8, 4) is 5.75 Å². The van der Waals surface area contributed by atoms with Crippen LogP contribution in [-0.4, -0.2) is 18.1 Å². The molecule has 0 aliphatic rings. The highest BCUT2D eigenvalue weighted by Crippen LogP contribution is 2.26. The maximum Gasteiger partial charge on any atom is 0.183 e. The van der Waals surface area contributed by atoms with E-state index in [0.29, 0.717) is 6.61 Å². The molecule has 21 heavy (non-hydrogen) atoms. The molecule has 0 spiro atoms. The lowest BCUT2D eigenvalue weighted by atomic mass is 10.2. The average Bonchev–Trinajstić information content (AvgIpc) is 2.90. The van der Waals surface area contributed by atoms with Crippen molar-refractivity contribution in [2.75, 3.05) is 18.5 Å². The molecule has 0 unspecified atom stereocenters. The number of benzene rings is 2. The van der Waals surface area contributed by atoms with E-state index < -0.39 is 0 Å². The molecule has 0 radical (unpaired) electrons. The third-order valence-electron chi connectivity index (χ3n) is 3.15. The van der Waals surface area contributed by atoms with Gasteiger partial charge in [0.1, 0.15) is 5.75 Å². The van der Waals surface area contributed by atoms with Crippen LogP contribution in [0.3, 0.4) is 0 Å². The van der Waals surface area contributed by atoms with Crippen LogP contribution in [0.4, 0.5) is 5.13 Å². The molecule has 1 aromatic heterocycles. The summed E-state index contributed by atoms with van der Waals surface area (Å²) < 4.78 is 6.90. The Kier molecular flexibility index (Phi) is 4.36. The van der Waals surface area contributed by atoms with Gasteiger partial charge >= 0.3 is 0 Å². The molecule has 0 aliphatic carbocycles. The van der Waals surface area contributed by atoms with Crippen molar-refractivity contribution in [2.24, 2.45) is 0 Å². The van der Waals surface area contributed by atoms with Crippen LogP contribution in [-0.2, 0) is 0 Å². The lowest BCUT2D eigenvalue weighted by Crippen LogP contribution is -2.06. The van der Waals surface area contributed by atoms with Gasteiger partial charge in [0.2, 0.25) is 0 Å². The number of fused-ring (bicyclic) bond motifs is 1. The number of anilines is 1. The highest BCUT2D eigenvalue weighted by molar-refractivity contribution is 7.22. The van der Waals surface area contributed by atoms with Crippen LogP contribution in [0.2, 0.25) is 0 Å². The maximum absolute atomic E-state index is 5.66. The Morgan fingerprint density at radius 3 is 2.86 bits per heavy atom. The summed E-state index contributed by atoms with van der Waals surface area (Å²) in [6, 6.07) is 16.3. The van der Waals surface area contributed by atoms with Crippen LogP contribution in [0.1, 0.15) is 12.0 Å². The number of thiazole rings is 1. The number of nitrogens with zero attached hydrogens (tertiary/aromatic N) is 1. The molecule has 0 amide bonds. The maximum atomic E-state index is 5.66. The van der Waals surface area contributed by atoms with E-state index in [0.717, 1.165) is 29.4 Å². The van der Waals surface area contributed by atoms with Crippen molar-refractivity contribution < 1.29 is 4.74 Å². The van der Waals surface area contributed by atoms with E-state index in [1.807, 2.05) is 30.3 Å². The Bertz CT molecular complexity index is 709. The van der Waals surface area contributed by atoms with Gasteiger partial charge in [-0.2, -0.15) is 0 Å². The molecule has 0 atom stereocenters. The highest BCUT2D eigenvalue weighted by Gasteiger charge is 2.03. The minimum absolute atomic E-state index is 0.709. The summed E-state index contributed by atoms with van der Waals surface area (Å²) in [6.07, 6.45) is 0.948. The third kappa shape index (κ3) is 3.73. The van der Waals surface area contributed by atoms with E-state index in [4.69, 9.17) is 4.74 Å². The predicted octanol–water partition coefficient (Wildman–Crippen LogP) is 4.49. The SMILES string of the molecule is Cc1ccc2nc(NCCCOc3ccccc3)sc2c1. The number of aryl methyl sites for hydroxylation is 1. The normalized spacial score (nSPS) is 10.7. The summed E-state index contributed by atoms with van der Waals surface area (Å²) in [5, 5.41) is 4.35. The molecule has 1 heterocycles. The second-order valence-corrected chi connectivity index (χ2v) is 5.96. The largest absolute Gasteiger partial charge is 0.494 e. The van der Waals surface area contributed by atoms with Crippen molar-refractivity contribution >= 4 is 26.7 Å². The number of ether oxygens (including phenoxy) is 1. The Hall–Kier alpha value is -2.07. The van der Waals surface area contributed by atoms with E-state index in [1.165, 1.54) is 10.3 Å². The molecule has 108 valence electrons. The first-order valence-corrected chi connectivity index (χ1v) is 7.92. The Labute approximate surface area is 128 Å². The van der Waals surface area contributed by atoms with Crippen LogP contribution in [0.25, 0.3) is 10.2 Å². The molecule has 3 nitrogen and oxygen atoms in total. The van der Waals surface area contributed by atoms with Gasteiger partial charge in [0.25, 0.3) is 0 Å². The summed E-state index contributed by atoms with van der Waals surface area (Å²) in [5.41, 5.74) is 2.34. The quantitative estimate of drug-likeness (QED) is 0.681. The standard InChI is InChI=1S/C17H18N2OS/c1-13-8-9-15-16(12-13)21-17(19-15)18-10-5-11-20-14-6-3-2-4-7-14/h2-4,6-9,12H,5,10-11H2,1H3,(H,18,19). The average molecular weight is 298 g/mol. The Morgan fingerprint density at radius 2 is 2.00 bits per heavy atom. The molecule has 1 N–H and O–H groups in total. The summed E-state index contributed by atoms with van der Waals surface area (Å²) >= 11 is 1.70. The van der Waals surface area contributed by atoms with Crippen LogP contribution in [0.15, 0.2) is 48.5 Å². The zero-order valence-electron chi connectivity index (χ0n) is 12.0. The fraction of sp³-hybridized carbons (Fsp3) is 0.235. The predicted molar refractivity (Wildman–Crippen MR) is 89.4 cm³/mol. The second-order valence-electron chi connectivity index (χ2n) is 4.93. The first-order valence-electron chi connectivity index (χ1n) is 7.10. The first-order chi connectivity index (χ1) is 10.3. The summed E-state index contributed by atoms with van der Waals surface area (Å²) in [4.78, 5) is 4.58. The minimum atomic E-state index is 0.709. The summed E-state index contributed by atoms with van der Waals surface area (Å²) in [6.45, 7) is 3.68. The van der Waals surface area contributed by atoms with Crippen molar-refractivity contribution in [1.82, 2.24) is 4.98 Å². The highest BCUT2D eigenvalue weighted by atomic mass is 32.1. The van der Waals surface area contributed by atoms with E-state index in [-0.39, 0.29) is 0 Å². The lowest BCUT2D eigenvalue weighted by molar-refractivity contribution is 0.315. The van der Waals surface area contributed by atoms with Crippen molar-refractivity contribution in [2.45, 2.75) is 13.3 Å². The molecule has 0 saturated carbocycles. The van der Waals surface area contributed by atoms with E-state index in [1.54, 1.807) is 11.3 Å². The molecular formula is C17H18N2OS. The monoisotopic (exact) mass is 298 g/mol. The smallest absolute Gasteiger partial charge is 0.183 e. The fourth-order valence-electron chi connectivity index (χ4n) is 2.08. The van der Waals surface area contributed by atoms with Crippen LogP contribution >= 0.6 is 11.3 Å². The lowest BCUT2D eigenvalue weighted by Gasteiger charge is -2.06. The van der Waals surface area contributed by atoms with Gasteiger partial charge in [0.05, 0.1) is 16.8 Å². The van der Waals surface area contributed by atoms with Gasteiger partial charge in [-0.25, -0.2) is 4.98 Å². The molecule has 0 aliphatic heterocycles. The van der Waals surface area contributed by atoms with E-state index in [9.17, 15) is 0 Å². The fourth-order valence-corrected chi connectivity index (χ4v) is 3.07. The van der Waals surface area contributed by atoms with Gasteiger partial charge in [-0.3, -0.25) is 0 Å². The van der Waals surface area contributed by atoms with Gasteiger partial charge in [-0.1, -0.05) is 35.6 Å². The van der Waals surface area contributed by atoms with E-state index in [2.05, 4.69) is 35.4 Å². The molecule has 4 heteroatoms. The molecule has 0 saturated heterocycles.